The molecule has 4 aromatic rings. The summed E-state index contributed by atoms with van der Waals surface area (Å²) >= 11 is 1.53. The highest BCUT2D eigenvalue weighted by atomic mass is 32.1. The molecule has 4 rings (SSSR count). The number of hydrogen-bond donors (Lipinski definition) is 0. The van der Waals surface area contributed by atoms with Crippen LogP contribution in [0.4, 0.5) is 5.13 Å². The molecule has 0 N–H and O–H groups in total. The average molecular weight is 392 g/mol. The van der Waals surface area contributed by atoms with E-state index in [0.717, 1.165) is 27.9 Å². The molecule has 7 heteroatoms. The fraction of sp³-hybridized carbons (Fsp3) is 0.238. The van der Waals surface area contributed by atoms with E-state index < -0.39 is 0 Å². The van der Waals surface area contributed by atoms with Gasteiger partial charge in [-0.2, -0.15) is 5.10 Å². The highest BCUT2D eigenvalue weighted by Gasteiger charge is 2.24. The van der Waals surface area contributed by atoms with Gasteiger partial charge in [0.25, 0.3) is 5.91 Å². The Kier molecular flexibility index (Phi) is 4.92. The molecule has 0 aliphatic carbocycles. The number of benzene rings is 1. The van der Waals surface area contributed by atoms with Crippen molar-refractivity contribution in [2.24, 2.45) is 0 Å². The van der Waals surface area contributed by atoms with Gasteiger partial charge >= 0.3 is 0 Å². The molecule has 3 aromatic heterocycles. The van der Waals surface area contributed by atoms with Gasteiger partial charge in [0.1, 0.15) is 0 Å². The Morgan fingerprint density at radius 3 is 2.82 bits per heavy atom. The van der Waals surface area contributed by atoms with Crippen molar-refractivity contribution in [1.29, 1.82) is 0 Å². The number of hydrogen-bond acceptors (Lipinski definition) is 5. The summed E-state index contributed by atoms with van der Waals surface area (Å²) in [5, 5.41) is 5.06. The van der Waals surface area contributed by atoms with Crippen LogP contribution in [-0.2, 0) is 13.1 Å². The Hall–Kier alpha value is -3.06. The second kappa shape index (κ2) is 7.52. The van der Waals surface area contributed by atoms with E-state index in [0.29, 0.717) is 17.4 Å². The summed E-state index contributed by atoms with van der Waals surface area (Å²) < 4.78 is 2.83. The average Bonchev–Trinajstić information content (AvgIpc) is 3.33. The van der Waals surface area contributed by atoms with Crippen molar-refractivity contribution in [2.45, 2.75) is 33.9 Å². The number of pyridine rings is 1. The minimum Gasteiger partial charge on any atom is -0.278 e. The summed E-state index contributed by atoms with van der Waals surface area (Å²) in [6, 6.07) is 9.81. The van der Waals surface area contributed by atoms with Crippen molar-refractivity contribution in [1.82, 2.24) is 19.7 Å². The van der Waals surface area contributed by atoms with Gasteiger partial charge in [-0.1, -0.05) is 23.5 Å². The van der Waals surface area contributed by atoms with Gasteiger partial charge in [-0.25, -0.2) is 4.98 Å². The number of anilines is 1. The number of rotatable bonds is 5. The second-order valence-corrected chi connectivity index (χ2v) is 7.74. The first-order chi connectivity index (χ1) is 13.5. The van der Waals surface area contributed by atoms with Crippen molar-refractivity contribution >= 4 is 32.6 Å². The van der Waals surface area contributed by atoms with Crippen LogP contribution in [0.15, 0.2) is 48.9 Å². The molecular formula is C21H21N5OS. The number of fused-ring (bicyclic) bond motifs is 1. The van der Waals surface area contributed by atoms with E-state index in [1.165, 1.54) is 16.9 Å². The lowest BCUT2D eigenvalue weighted by Gasteiger charge is -2.18. The fourth-order valence-electron chi connectivity index (χ4n) is 3.17. The van der Waals surface area contributed by atoms with Gasteiger partial charge in [-0.05, 0) is 55.7 Å². The third-order valence-corrected chi connectivity index (χ3v) is 5.57. The Labute approximate surface area is 167 Å². The monoisotopic (exact) mass is 391 g/mol. The fourth-order valence-corrected chi connectivity index (χ4v) is 4.30. The smallest absolute Gasteiger partial charge is 0.278 e. The zero-order chi connectivity index (χ0) is 19.7. The van der Waals surface area contributed by atoms with Gasteiger partial charge in [0.2, 0.25) is 0 Å². The van der Waals surface area contributed by atoms with E-state index in [4.69, 9.17) is 4.98 Å². The maximum absolute atomic E-state index is 13.3. The maximum Gasteiger partial charge on any atom is 0.280 e. The Balaban J connectivity index is 1.78. The third-order valence-electron chi connectivity index (χ3n) is 4.54. The number of aromatic nitrogens is 4. The zero-order valence-electron chi connectivity index (χ0n) is 16.1. The summed E-state index contributed by atoms with van der Waals surface area (Å²) in [4.78, 5) is 24.0. The largest absolute Gasteiger partial charge is 0.280 e. The molecule has 0 saturated carbocycles. The zero-order valence-corrected chi connectivity index (χ0v) is 16.9. The lowest BCUT2D eigenvalue weighted by atomic mass is 10.1. The normalized spacial score (nSPS) is 11.1. The van der Waals surface area contributed by atoms with Gasteiger partial charge < -0.3 is 0 Å². The van der Waals surface area contributed by atoms with E-state index in [9.17, 15) is 4.79 Å². The van der Waals surface area contributed by atoms with Crippen molar-refractivity contribution in [3.63, 3.8) is 0 Å². The van der Waals surface area contributed by atoms with Crippen LogP contribution >= 0.6 is 11.3 Å². The Morgan fingerprint density at radius 1 is 1.25 bits per heavy atom. The van der Waals surface area contributed by atoms with Gasteiger partial charge in [0, 0.05) is 25.1 Å². The van der Waals surface area contributed by atoms with Crippen molar-refractivity contribution in [2.75, 3.05) is 4.90 Å². The summed E-state index contributed by atoms with van der Waals surface area (Å²) in [5.74, 6) is -0.163. The summed E-state index contributed by atoms with van der Waals surface area (Å²) in [6.07, 6.45) is 5.32. The van der Waals surface area contributed by atoms with E-state index in [2.05, 4.69) is 36.1 Å². The number of carbonyl (C=O) groups excluding carboxylic acids is 1. The van der Waals surface area contributed by atoms with E-state index in [-0.39, 0.29) is 5.91 Å². The molecule has 0 saturated heterocycles. The molecular weight excluding hydrogens is 370 g/mol. The van der Waals surface area contributed by atoms with E-state index in [1.807, 2.05) is 25.3 Å². The Morgan fingerprint density at radius 2 is 2.11 bits per heavy atom. The maximum atomic E-state index is 13.3. The molecule has 0 aliphatic heterocycles. The summed E-state index contributed by atoms with van der Waals surface area (Å²) in [6.45, 7) is 7.23. The molecule has 0 atom stereocenters. The molecule has 1 aromatic carbocycles. The van der Waals surface area contributed by atoms with Crippen LogP contribution in [0.2, 0.25) is 0 Å². The molecule has 0 bridgehead atoms. The van der Waals surface area contributed by atoms with Crippen LogP contribution in [0.3, 0.4) is 0 Å². The first kappa shape index (κ1) is 18.3. The molecule has 142 valence electrons. The van der Waals surface area contributed by atoms with Crippen molar-refractivity contribution in [3.8, 4) is 0 Å². The van der Waals surface area contributed by atoms with Crippen LogP contribution in [-0.4, -0.2) is 25.7 Å². The third kappa shape index (κ3) is 3.53. The highest BCUT2D eigenvalue weighted by molar-refractivity contribution is 7.22. The van der Waals surface area contributed by atoms with Crippen LogP contribution < -0.4 is 4.90 Å². The van der Waals surface area contributed by atoms with Crippen LogP contribution in [0.5, 0.6) is 0 Å². The van der Waals surface area contributed by atoms with E-state index >= 15 is 0 Å². The van der Waals surface area contributed by atoms with Crippen LogP contribution in [0.1, 0.15) is 34.1 Å². The predicted octanol–water partition coefficient (Wildman–Crippen LogP) is 4.37. The Bertz CT molecular complexity index is 1130. The molecule has 6 nitrogen and oxygen atoms in total. The van der Waals surface area contributed by atoms with Crippen LogP contribution in [0.25, 0.3) is 10.2 Å². The number of aryl methyl sites for hydroxylation is 3. The lowest BCUT2D eigenvalue weighted by molar-refractivity contribution is 0.0979. The predicted molar refractivity (Wildman–Crippen MR) is 112 cm³/mol. The molecule has 1 amide bonds. The van der Waals surface area contributed by atoms with E-state index in [1.54, 1.807) is 28.0 Å². The van der Waals surface area contributed by atoms with Crippen LogP contribution in [0, 0.1) is 13.8 Å². The summed E-state index contributed by atoms with van der Waals surface area (Å²) in [7, 11) is 0. The quantitative estimate of drug-likeness (QED) is 0.507. The van der Waals surface area contributed by atoms with Crippen molar-refractivity contribution < 1.29 is 4.79 Å². The second-order valence-electron chi connectivity index (χ2n) is 6.73. The number of thiazole rings is 1. The molecule has 0 spiro atoms. The van der Waals surface area contributed by atoms with Gasteiger partial charge in [-0.15, -0.1) is 0 Å². The van der Waals surface area contributed by atoms with Gasteiger partial charge in [-0.3, -0.25) is 19.4 Å². The molecule has 0 aliphatic rings. The first-order valence-electron chi connectivity index (χ1n) is 9.17. The van der Waals surface area contributed by atoms with Gasteiger partial charge in [0.05, 0.1) is 16.8 Å². The number of amides is 1. The number of carbonyl (C=O) groups is 1. The SMILES string of the molecule is CCn1ccc(C(=O)N(Cc2cccnc2)c2nc3c(C)cc(C)cc3s2)n1. The number of nitrogens with zero attached hydrogens (tertiary/aromatic N) is 5. The minimum atomic E-state index is -0.163. The van der Waals surface area contributed by atoms with Crippen molar-refractivity contribution in [3.05, 3.63) is 71.3 Å². The topological polar surface area (TPSA) is 63.9 Å². The first-order valence-corrected chi connectivity index (χ1v) is 9.99. The highest BCUT2D eigenvalue weighted by Crippen LogP contribution is 2.33. The molecule has 0 fully saturated rings. The standard InChI is InChI=1S/C21H21N5OS/c1-4-25-9-7-17(24-25)20(27)26(13-16-6-5-8-22-12-16)21-23-19-15(3)10-14(2)11-18(19)28-21/h5-12H,4,13H2,1-3H3. The summed E-state index contributed by atoms with van der Waals surface area (Å²) in [5.41, 5.74) is 4.60. The molecule has 3 heterocycles. The lowest BCUT2D eigenvalue weighted by Crippen LogP contribution is -2.30. The molecule has 28 heavy (non-hydrogen) atoms. The molecule has 0 unspecified atom stereocenters. The molecule has 0 radical (unpaired) electrons. The minimum absolute atomic E-state index is 0.163. The van der Waals surface area contributed by atoms with Gasteiger partial charge in [0.15, 0.2) is 10.8 Å².